The highest BCUT2D eigenvalue weighted by Gasteiger charge is 2.22. The summed E-state index contributed by atoms with van der Waals surface area (Å²) in [6.07, 6.45) is 0. The van der Waals surface area contributed by atoms with Crippen molar-refractivity contribution in [1.29, 1.82) is 0 Å². The lowest BCUT2D eigenvalue weighted by Gasteiger charge is -2.18. The molecular weight excluding hydrogens is 411 g/mol. The highest BCUT2D eigenvalue weighted by atomic mass is 79.9. The number of hydrogen-bond acceptors (Lipinski definition) is 2. The molecule has 134 valence electrons. The van der Waals surface area contributed by atoms with Crippen molar-refractivity contribution in [2.24, 2.45) is 0 Å². The van der Waals surface area contributed by atoms with E-state index >= 15 is 0 Å². The molecule has 0 fully saturated rings. The van der Waals surface area contributed by atoms with Crippen molar-refractivity contribution in [3.05, 3.63) is 89.4 Å². The molecule has 0 bridgehead atoms. The van der Waals surface area contributed by atoms with Gasteiger partial charge in [-0.3, -0.25) is 0 Å². The third kappa shape index (κ3) is 2.57. The van der Waals surface area contributed by atoms with Crippen LogP contribution in [-0.4, -0.2) is 17.2 Å². The van der Waals surface area contributed by atoms with Gasteiger partial charge in [0.25, 0.3) is 0 Å². The fraction of sp³-hybridized carbons (Fsp3) is 0. The third-order valence-corrected chi connectivity index (χ3v) is 6.06. The van der Waals surface area contributed by atoms with Gasteiger partial charge in [-0.05, 0) is 55.0 Å². The molecule has 2 nitrogen and oxygen atoms in total. The van der Waals surface area contributed by atoms with Crippen molar-refractivity contribution < 1.29 is 10.0 Å². The minimum atomic E-state index is -1.54. The van der Waals surface area contributed by atoms with Crippen LogP contribution in [0.3, 0.4) is 0 Å². The Hall–Kier alpha value is -2.66. The fourth-order valence-corrected chi connectivity index (χ4v) is 4.69. The van der Waals surface area contributed by atoms with Gasteiger partial charge < -0.3 is 10.0 Å². The van der Waals surface area contributed by atoms with Crippen LogP contribution in [0, 0.1) is 0 Å². The Morgan fingerprint density at radius 1 is 0.536 bits per heavy atom. The van der Waals surface area contributed by atoms with Crippen LogP contribution in [0.1, 0.15) is 0 Å². The van der Waals surface area contributed by atoms with E-state index in [9.17, 15) is 10.0 Å². The van der Waals surface area contributed by atoms with Gasteiger partial charge in [0, 0.05) is 4.47 Å². The van der Waals surface area contributed by atoms with Gasteiger partial charge in [-0.2, -0.15) is 0 Å². The van der Waals surface area contributed by atoms with Gasteiger partial charge in [-0.25, -0.2) is 0 Å². The van der Waals surface area contributed by atoms with Crippen LogP contribution in [0.5, 0.6) is 0 Å². The Labute approximate surface area is 171 Å². The Kier molecular flexibility index (Phi) is 4.20. The number of halogens is 1. The maximum atomic E-state index is 10.1. The first-order chi connectivity index (χ1) is 13.7. The van der Waals surface area contributed by atoms with Gasteiger partial charge in [-0.1, -0.05) is 94.8 Å². The third-order valence-electron chi connectivity index (χ3n) is 5.37. The zero-order chi connectivity index (χ0) is 19.3. The van der Waals surface area contributed by atoms with Crippen LogP contribution in [0.15, 0.2) is 89.4 Å². The van der Waals surface area contributed by atoms with Gasteiger partial charge in [0.15, 0.2) is 0 Å². The highest BCUT2D eigenvalue weighted by molar-refractivity contribution is 9.10. The molecule has 0 unspecified atom stereocenters. The SMILES string of the molecule is OB(O)c1c2ccccc2c(-c2ccc(Br)c3ccccc23)c2ccccc12. The van der Waals surface area contributed by atoms with Crippen LogP contribution in [0.4, 0.5) is 0 Å². The molecule has 28 heavy (non-hydrogen) atoms. The Bertz CT molecular complexity index is 1300. The lowest BCUT2D eigenvalue weighted by Crippen LogP contribution is -2.31. The van der Waals surface area contributed by atoms with E-state index in [1.165, 1.54) is 0 Å². The number of rotatable bonds is 2. The van der Waals surface area contributed by atoms with Gasteiger partial charge in [0.1, 0.15) is 0 Å². The molecule has 5 aromatic rings. The quantitative estimate of drug-likeness (QED) is 0.298. The molecule has 5 aromatic carbocycles. The van der Waals surface area contributed by atoms with Gasteiger partial charge in [0.2, 0.25) is 0 Å². The van der Waals surface area contributed by atoms with Crippen molar-refractivity contribution in [1.82, 2.24) is 0 Å². The summed E-state index contributed by atoms with van der Waals surface area (Å²) in [5.41, 5.74) is 2.79. The van der Waals surface area contributed by atoms with Gasteiger partial charge >= 0.3 is 7.12 Å². The van der Waals surface area contributed by atoms with Crippen molar-refractivity contribution in [2.75, 3.05) is 0 Å². The van der Waals surface area contributed by atoms with E-state index < -0.39 is 7.12 Å². The topological polar surface area (TPSA) is 40.5 Å². The second-order valence-electron chi connectivity index (χ2n) is 6.89. The summed E-state index contributed by atoms with van der Waals surface area (Å²) in [7, 11) is -1.54. The molecular formula is C24H16BBrO2. The molecule has 0 amide bonds. The Morgan fingerprint density at radius 3 is 1.54 bits per heavy atom. The van der Waals surface area contributed by atoms with Crippen LogP contribution < -0.4 is 5.46 Å². The lowest BCUT2D eigenvalue weighted by molar-refractivity contribution is 0.426. The fourth-order valence-electron chi connectivity index (χ4n) is 4.21. The smallest absolute Gasteiger partial charge is 0.423 e. The molecule has 0 aliphatic carbocycles. The predicted molar refractivity (Wildman–Crippen MR) is 122 cm³/mol. The summed E-state index contributed by atoms with van der Waals surface area (Å²) >= 11 is 3.67. The van der Waals surface area contributed by atoms with E-state index in [4.69, 9.17) is 0 Å². The largest absolute Gasteiger partial charge is 0.489 e. The molecule has 2 N–H and O–H groups in total. The summed E-state index contributed by atoms with van der Waals surface area (Å²) < 4.78 is 1.06. The van der Waals surface area contributed by atoms with Crippen molar-refractivity contribution >= 4 is 60.8 Å². The molecule has 0 atom stereocenters. The average Bonchev–Trinajstić information content (AvgIpc) is 2.72. The number of fused-ring (bicyclic) bond motifs is 3. The molecule has 4 heteroatoms. The molecule has 0 heterocycles. The summed E-state index contributed by atoms with van der Waals surface area (Å²) in [6.45, 7) is 0. The lowest BCUT2D eigenvalue weighted by atomic mass is 9.72. The van der Waals surface area contributed by atoms with E-state index in [0.717, 1.165) is 47.9 Å². The van der Waals surface area contributed by atoms with Crippen LogP contribution in [-0.2, 0) is 0 Å². The summed E-state index contributed by atoms with van der Waals surface area (Å²) in [5, 5.41) is 26.3. The molecule has 0 radical (unpaired) electrons. The molecule has 0 aliphatic rings. The van der Waals surface area contributed by atoms with Crippen LogP contribution in [0.2, 0.25) is 0 Å². The first-order valence-corrected chi connectivity index (χ1v) is 9.93. The van der Waals surface area contributed by atoms with Crippen LogP contribution in [0.25, 0.3) is 43.4 Å². The monoisotopic (exact) mass is 426 g/mol. The van der Waals surface area contributed by atoms with E-state index in [1.54, 1.807) is 0 Å². The number of benzene rings is 5. The normalized spacial score (nSPS) is 11.4. The first kappa shape index (κ1) is 17.4. The summed E-state index contributed by atoms with van der Waals surface area (Å²) in [6, 6.07) is 28.4. The molecule has 0 aromatic heterocycles. The van der Waals surface area contributed by atoms with Gasteiger partial charge in [-0.15, -0.1) is 0 Å². The van der Waals surface area contributed by atoms with Crippen LogP contribution >= 0.6 is 15.9 Å². The van der Waals surface area contributed by atoms with Crippen molar-refractivity contribution in [3.63, 3.8) is 0 Å². The molecule has 0 spiro atoms. The van der Waals surface area contributed by atoms with E-state index in [0.29, 0.717) is 5.46 Å². The molecule has 5 rings (SSSR count). The van der Waals surface area contributed by atoms with Gasteiger partial charge in [0.05, 0.1) is 0 Å². The zero-order valence-corrected chi connectivity index (χ0v) is 16.5. The van der Waals surface area contributed by atoms with Crippen molar-refractivity contribution in [3.8, 4) is 11.1 Å². The molecule has 0 saturated heterocycles. The second kappa shape index (κ2) is 6.75. The first-order valence-electron chi connectivity index (χ1n) is 9.14. The van der Waals surface area contributed by atoms with Crippen molar-refractivity contribution in [2.45, 2.75) is 0 Å². The maximum Gasteiger partial charge on any atom is 0.489 e. The predicted octanol–water partition coefficient (Wildman–Crippen LogP) is 5.26. The average molecular weight is 427 g/mol. The summed E-state index contributed by atoms with van der Waals surface area (Å²) in [5.74, 6) is 0. The Morgan fingerprint density at radius 2 is 1.00 bits per heavy atom. The standard InChI is InChI=1S/C24H16BBrO2/c26-22-14-13-19(15-7-1-2-8-16(15)22)23-17-9-3-5-11-20(17)24(25(27)28)21-12-6-4-10-18(21)23/h1-14,27-28H. The van der Waals surface area contributed by atoms with E-state index in [2.05, 4.69) is 58.4 Å². The maximum absolute atomic E-state index is 10.1. The minimum Gasteiger partial charge on any atom is -0.423 e. The minimum absolute atomic E-state index is 0.552. The van der Waals surface area contributed by atoms with E-state index in [-0.39, 0.29) is 0 Å². The Balaban J connectivity index is 2.05. The summed E-state index contributed by atoms with van der Waals surface area (Å²) in [4.78, 5) is 0. The zero-order valence-electron chi connectivity index (χ0n) is 14.9. The highest BCUT2D eigenvalue weighted by Crippen LogP contribution is 2.40. The molecule has 0 saturated carbocycles. The molecule has 0 aliphatic heterocycles. The number of hydrogen-bond donors (Lipinski definition) is 2. The second-order valence-corrected chi connectivity index (χ2v) is 7.75. The van der Waals surface area contributed by atoms with E-state index in [1.807, 2.05) is 42.5 Å².